The molecule has 0 aromatic carbocycles. The van der Waals surface area contributed by atoms with Crippen molar-refractivity contribution in [3.63, 3.8) is 0 Å². The molecule has 2 heterocycles. The van der Waals surface area contributed by atoms with Crippen LogP contribution in [0.25, 0.3) is 10.7 Å². The monoisotopic (exact) mass is 279 g/mol. The molecule has 2 rings (SSSR count). The average Bonchev–Trinajstić information content (AvgIpc) is 2.94. The van der Waals surface area contributed by atoms with Gasteiger partial charge < -0.3 is 4.74 Å². The van der Waals surface area contributed by atoms with Gasteiger partial charge in [0.2, 0.25) is 0 Å². The van der Waals surface area contributed by atoms with Crippen molar-refractivity contribution in [1.82, 2.24) is 14.8 Å². The molecule has 0 bridgehead atoms. The van der Waals surface area contributed by atoms with Crippen molar-refractivity contribution in [2.24, 2.45) is 7.05 Å². The van der Waals surface area contributed by atoms with E-state index in [0.717, 1.165) is 11.3 Å². The van der Waals surface area contributed by atoms with Crippen molar-refractivity contribution in [2.45, 2.75) is 13.8 Å². The minimum atomic E-state index is -0.578. The molecule has 0 aliphatic carbocycles. The number of hydrogen-bond acceptors (Lipinski definition) is 6. The van der Waals surface area contributed by atoms with Crippen LogP contribution in [0.2, 0.25) is 0 Å². The van der Waals surface area contributed by atoms with Gasteiger partial charge in [0.25, 0.3) is 0 Å². The van der Waals surface area contributed by atoms with Gasteiger partial charge in [0.05, 0.1) is 6.61 Å². The minimum Gasteiger partial charge on any atom is -0.461 e. The number of ether oxygens (including phenoxy) is 1. The summed E-state index contributed by atoms with van der Waals surface area (Å²) in [6.45, 7) is 3.35. The quantitative estimate of drug-likeness (QED) is 0.631. The molecule has 0 aliphatic rings. The van der Waals surface area contributed by atoms with Crippen LogP contribution in [-0.2, 0) is 11.8 Å². The van der Waals surface area contributed by atoms with Crippen molar-refractivity contribution >= 4 is 23.1 Å². The zero-order chi connectivity index (χ0) is 14.0. The number of rotatable bonds is 4. The number of hydrogen-bond donors (Lipinski definition) is 0. The van der Waals surface area contributed by atoms with E-state index in [4.69, 9.17) is 4.74 Å². The summed E-state index contributed by atoms with van der Waals surface area (Å²) in [5, 5.41) is 4.74. The lowest BCUT2D eigenvalue weighted by Gasteiger charge is -1.98. The average molecular weight is 279 g/mol. The molecule has 0 amide bonds. The van der Waals surface area contributed by atoms with Gasteiger partial charge in [-0.15, -0.1) is 11.3 Å². The lowest BCUT2D eigenvalue weighted by Crippen LogP contribution is -2.09. The zero-order valence-corrected chi connectivity index (χ0v) is 11.7. The van der Waals surface area contributed by atoms with Crippen LogP contribution < -0.4 is 0 Å². The Morgan fingerprint density at radius 2 is 2.21 bits per heavy atom. The lowest BCUT2D eigenvalue weighted by atomic mass is 10.3. The Morgan fingerprint density at radius 1 is 1.47 bits per heavy atom. The van der Waals surface area contributed by atoms with E-state index in [2.05, 4.69) is 10.1 Å². The van der Waals surface area contributed by atoms with E-state index in [9.17, 15) is 9.59 Å². The SMILES string of the molecule is CCOC(=O)c1nc(-c2ccn(C)n2)sc1C(C)=O. The van der Waals surface area contributed by atoms with Gasteiger partial charge in [0, 0.05) is 20.2 Å². The van der Waals surface area contributed by atoms with Crippen LogP contribution in [-0.4, -0.2) is 33.1 Å². The predicted molar refractivity (Wildman–Crippen MR) is 70.3 cm³/mol. The standard InChI is InChI=1S/C12H13N3O3S/c1-4-18-12(17)9-10(7(2)16)19-11(13-9)8-5-6-15(3)14-8/h5-6H,4H2,1-3H3. The number of carbonyl (C=O) groups excluding carboxylic acids is 2. The van der Waals surface area contributed by atoms with Gasteiger partial charge in [-0.25, -0.2) is 9.78 Å². The molecular weight excluding hydrogens is 266 g/mol. The molecule has 2 aromatic rings. The maximum Gasteiger partial charge on any atom is 0.358 e. The number of thiazole rings is 1. The molecule has 0 spiro atoms. The molecule has 0 atom stereocenters. The summed E-state index contributed by atoms with van der Waals surface area (Å²) in [6.07, 6.45) is 1.77. The third kappa shape index (κ3) is 2.70. The molecule has 0 N–H and O–H groups in total. The van der Waals surface area contributed by atoms with E-state index in [-0.39, 0.29) is 18.1 Å². The summed E-state index contributed by atoms with van der Waals surface area (Å²) < 4.78 is 6.53. The lowest BCUT2D eigenvalue weighted by molar-refractivity contribution is 0.0517. The van der Waals surface area contributed by atoms with Gasteiger partial charge in [-0.1, -0.05) is 0 Å². The number of aryl methyl sites for hydroxylation is 1. The van der Waals surface area contributed by atoms with E-state index in [1.54, 1.807) is 30.9 Å². The molecule has 0 aliphatic heterocycles. The number of carbonyl (C=O) groups is 2. The van der Waals surface area contributed by atoms with Crippen molar-refractivity contribution in [1.29, 1.82) is 0 Å². The molecular formula is C12H13N3O3S. The van der Waals surface area contributed by atoms with E-state index in [1.807, 2.05) is 0 Å². The summed E-state index contributed by atoms with van der Waals surface area (Å²) in [5.74, 6) is -0.783. The Bertz CT molecular complexity index is 630. The number of aromatic nitrogens is 3. The maximum absolute atomic E-state index is 11.8. The van der Waals surface area contributed by atoms with Crippen LogP contribution in [0.4, 0.5) is 0 Å². The molecule has 100 valence electrons. The Kier molecular flexibility index (Phi) is 3.75. The Balaban J connectivity index is 2.46. The van der Waals surface area contributed by atoms with Crippen molar-refractivity contribution in [3.05, 3.63) is 22.8 Å². The summed E-state index contributed by atoms with van der Waals surface area (Å²) in [6, 6.07) is 1.78. The number of nitrogens with zero attached hydrogens (tertiary/aromatic N) is 3. The number of Topliss-reactive ketones (excluding diaryl/α,β-unsaturated/α-hetero) is 1. The molecule has 6 nitrogen and oxygen atoms in total. The minimum absolute atomic E-state index is 0.0694. The molecule has 0 saturated carbocycles. The Morgan fingerprint density at radius 3 is 2.74 bits per heavy atom. The summed E-state index contributed by atoms with van der Waals surface area (Å²) in [4.78, 5) is 27.8. The first-order chi connectivity index (χ1) is 9.02. The topological polar surface area (TPSA) is 74.1 Å². The molecule has 19 heavy (non-hydrogen) atoms. The number of esters is 1. The molecule has 0 fully saturated rings. The largest absolute Gasteiger partial charge is 0.461 e. The summed E-state index contributed by atoms with van der Waals surface area (Å²) in [5.41, 5.74) is 0.700. The van der Waals surface area contributed by atoms with Crippen LogP contribution >= 0.6 is 11.3 Å². The first kappa shape index (κ1) is 13.4. The highest BCUT2D eigenvalue weighted by Crippen LogP contribution is 2.27. The molecule has 0 saturated heterocycles. The third-order valence-electron chi connectivity index (χ3n) is 2.35. The summed E-state index contributed by atoms with van der Waals surface area (Å²) >= 11 is 1.15. The van der Waals surface area contributed by atoms with Crippen molar-refractivity contribution in [2.75, 3.05) is 6.61 Å². The second-order valence-corrected chi connectivity index (χ2v) is 4.85. The normalized spacial score (nSPS) is 10.5. The van der Waals surface area contributed by atoms with Crippen LogP contribution in [0, 0.1) is 0 Å². The molecule has 7 heteroatoms. The van der Waals surface area contributed by atoms with Gasteiger partial charge >= 0.3 is 5.97 Å². The van der Waals surface area contributed by atoms with E-state index in [1.165, 1.54) is 6.92 Å². The smallest absolute Gasteiger partial charge is 0.358 e. The maximum atomic E-state index is 11.8. The molecule has 0 unspecified atom stereocenters. The summed E-state index contributed by atoms with van der Waals surface area (Å²) in [7, 11) is 1.79. The van der Waals surface area contributed by atoms with Crippen LogP contribution in [0.15, 0.2) is 12.3 Å². The van der Waals surface area contributed by atoms with Crippen molar-refractivity contribution < 1.29 is 14.3 Å². The van der Waals surface area contributed by atoms with Crippen LogP contribution in [0.1, 0.15) is 34.0 Å². The predicted octanol–water partition coefficient (Wildman–Crippen LogP) is 1.92. The second-order valence-electron chi connectivity index (χ2n) is 3.85. The highest BCUT2D eigenvalue weighted by molar-refractivity contribution is 7.17. The molecule has 0 radical (unpaired) electrons. The van der Waals surface area contributed by atoms with Gasteiger partial charge in [-0.05, 0) is 13.0 Å². The van der Waals surface area contributed by atoms with Gasteiger partial charge in [-0.3, -0.25) is 9.48 Å². The Hall–Kier alpha value is -2.02. The fourth-order valence-electron chi connectivity index (χ4n) is 1.54. The van der Waals surface area contributed by atoms with Gasteiger partial charge in [0.1, 0.15) is 15.6 Å². The highest BCUT2D eigenvalue weighted by atomic mass is 32.1. The fraction of sp³-hybridized carbons (Fsp3) is 0.333. The first-order valence-electron chi connectivity index (χ1n) is 5.71. The highest BCUT2D eigenvalue weighted by Gasteiger charge is 2.23. The van der Waals surface area contributed by atoms with E-state index in [0.29, 0.717) is 15.6 Å². The fourth-order valence-corrected chi connectivity index (χ4v) is 2.45. The van der Waals surface area contributed by atoms with E-state index < -0.39 is 5.97 Å². The van der Waals surface area contributed by atoms with E-state index >= 15 is 0 Å². The van der Waals surface area contributed by atoms with Crippen molar-refractivity contribution in [3.8, 4) is 10.7 Å². The molecule has 2 aromatic heterocycles. The second kappa shape index (κ2) is 5.31. The van der Waals surface area contributed by atoms with Crippen LogP contribution in [0.3, 0.4) is 0 Å². The Labute approximate surface area is 114 Å². The van der Waals surface area contributed by atoms with Gasteiger partial charge in [-0.2, -0.15) is 5.10 Å². The van der Waals surface area contributed by atoms with Crippen LogP contribution in [0.5, 0.6) is 0 Å². The van der Waals surface area contributed by atoms with Gasteiger partial charge in [0.15, 0.2) is 11.5 Å². The first-order valence-corrected chi connectivity index (χ1v) is 6.53. The number of ketones is 1. The third-order valence-corrected chi connectivity index (χ3v) is 3.53. The zero-order valence-electron chi connectivity index (χ0n) is 10.8.